The number of benzene rings is 2. The van der Waals surface area contributed by atoms with E-state index in [1.807, 2.05) is 37.4 Å². The van der Waals surface area contributed by atoms with E-state index in [1.54, 1.807) is 6.92 Å². The smallest absolute Gasteiger partial charge is 0.147 e. The maximum Gasteiger partial charge on any atom is 0.147 e. The number of aryl methyl sites for hydroxylation is 1. The maximum absolute atomic E-state index is 12.0. The molecule has 0 aromatic heterocycles. The standard InChI is InChI=1S/C18H21NO/c1-13-9-7-8-12-16(13)17(18(19-3)14(2)20)15-10-5-4-6-11-15/h4-12,17-19H,1-3H3. The van der Waals surface area contributed by atoms with E-state index in [9.17, 15) is 4.79 Å². The van der Waals surface area contributed by atoms with E-state index in [1.165, 1.54) is 11.1 Å². The molecule has 0 radical (unpaired) electrons. The van der Waals surface area contributed by atoms with Gasteiger partial charge >= 0.3 is 0 Å². The summed E-state index contributed by atoms with van der Waals surface area (Å²) >= 11 is 0. The first-order valence-corrected chi connectivity index (χ1v) is 6.93. The molecule has 2 rings (SSSR count). The molecule has 1 N–H and O–H groups in total. The quantitative estimate of drug-likeness (QED) is 0.900. The SMILES string of the molecule is CNC(C(C)=O)C(c1ccccc1)c1ccccc1C. The van der Waals surface area contributed by atoms with Crippen molar-refractivity contribution in [3.05, 3.63) is 71.3 Å². The van der Waals surface area contributed by atoms with Gasteiger partial charge in [-0.05, 0) is 37.6 Å². The van der Waals surface area contributed by atoms with Gasteiger partial charge in [-0.25, -0.2) is 0 Å². The van der Waals surface area contributed by atoms with E-state index in [4.69, 9.17) is 0 Å². The molecule has 2 heteroatoms. The van der Waals surface area contributed by atoms with Crippen LogP contribution >= 0.6 is 0 Å². The van der Waals surface area contributed by atoms with Crippen LogP contribution in [0.4, 0.5) is 0 Å². The minimum Gasteiger partial charge on any atom is -0.310 e. The predicted molar refractivity (Wildman–Crippen MR) is 83.0 cm³/mol. The normalized spacial score (nSPS) is 13.8. The highest BCUT2D eigenvalue weighted by Gasteiger charge is 2.27. The van der Waals surface area contributed by atoms with Gasteiger partial charge in [0.05, 0.1) is 6.04 Å². The Kier molecular flexibility index (Phi) is 4.70. The first-order valence-electron chi connectivity index (χ1n) is 6.93. The molecular formula is C18H21NO. The predicted octanol–water partition coefficient (Wildman–Crippen LogP) is 3.30. The first kappa shape index (κ1) is 14.5. The average Bonchev–Trinajstić information content (AvgIpc) is 2.46. The highest BCUT2D eigenvalue weighted by Crippen LogP contribution is 2.30. The zero-order valence-corrected chi connectivity index (χ0v) is 12.3. The van der Waals surface area contributed by atoms with E-state index in [0.29, 0.717) is 0 Å². The fourth-order valence-corrected chi connectivity index (χ4v) is 2.75. The molecule has 0 bridgehead atoms. The molecular weight excluding hydrogens is 246 g/mol. The molecule has 2 unspecified atom stereocenters. The second-order valence-electron chi connectivity index (χ2n) is 5.12. The molecule has 0 aliphatic carbocycles. The first-order chi connectivity index (χ1) is 9.65. The molecule has 2 aromatic carbocycles. The van der Waals surface area contributed by atoms with Crippen molar-refractivity contribution in [2.24, 2.45) is 0 Å². The Morgan fingerprint density at radius 3 is 2.15 bits per heavy atom. The third-order valence-electron chi connectivity index (χ3n) is 3.76. The number of nitrogens with one attached hydrogen (secondary N) is 1. The summed E-state index contributed by atoms with van der Waals surface area (Å²) in [5.74, 6) is 0.199. The van der Waals surface area contributed by atoms with Gasteiger partial charge in [-0.2, -0.15) is 0 Å². The van der Waals surface area contributed by atoms with Crippen LogP contribution in [0.5, 0.6) is 0 Å². The number of likely N-dealkylation sites (N-methyl/N-ethyl adjacent to an activating group) is 1. The van der Waals surface area contributed by atoms with Gasteiger partial charge in [0.25, 0.3) is 0 Å². The zero-order chi connectivity index (χ0) is 14.5. The van der Waals surface area contributed by atoms with Gasteiger partial charge in [-0.15, -0.1) is 0 Å². The lowest BCUT2D eigenvalue weighted by atomic mass is 9.81. The third kappa shape index (κ3) is 2.97. The van der Waals surface area contributed by atoms with Crippen LogP contribution in [0.2, 0.25) is 0 Å². The van der Waals surface area contributed by atoms with Gasteiger partial charge in [0.1, 0.15) is 5.78 Å². The number of rotatable bonds is 5. The Bertz CT molecular complexity index is 577. The number of Topliss-reactive ketones (excluding diaryl/α,β-unsaturated/α-hetero) is 1. The van der Waals surface area contributed by atoms with Gasteiger partial charge in [0.2, 0.25) is 0 Å². The summed E-state index contributed by atoms with van der Waals surface area (Å²) in [4.78, 5) is 12.0. The fraction of sp³-hybridized carbons (Fsp3) is 0.278. The third-order valence-corrected chi connectivity index (χ3v) is 3.76. The van der Waals surface area contributed by atoms with E-state index >= 15 is 0 Å². The van der Waals surface area contributed by atoms with Crippen molar-refractivity contribution in [3.63, 3.8) is 0 Å². The Labute approximate surface area is 120 Å². The van der Waals surface area contributed by atoms with Crippen molar-refractivity contribution in [1.29, 1.82) is 0 Å². The summed E-state index contributed by atoms with van der Waals surface area (Å²) in [6.45, 7) is 3.74. The molecule has 20 heavy (non-hydrogen) atoms. The van der Waals surface area contributed by atoms with E-state index in [-0.39, 0.29) is 17.7 Å². The molecule has 0 aliphatic heterocycles. The Hall–Kier alpha value is -1.93. The van der Waals surface area contributed by atoms with E-state index in [0.717, 1.165) is 5.56 Å². The molecule has 104 valence electrons. The van der Waals surface area contributed by atoms with Crippen LogP contribution < -0.4 is 5.32 Å². The van der Waals surface area contributed by atoms with Crippen LogP contribution in [0.1, 0.15) is 29.5 Å². The monoisotopic (exact) mass is 267 g/mol. The van der Waals surface area contributed by atoms with Crippen LogP contribution in [0.3, 0.4) is 0 Å². The molecule has 0 fully saturated rings. The topological polar surface area (TPSA) is 29.1 Å². The molecule has 0 heterocycles. The summed E-state index contributed by atoms with van der Waals surface area (Å²) in [6, 6.07) is 18.3. The second kappa shape index (κ2) is 6.49. The Morgan fingerprint density at radius 1 is 1.00 bits per heavy atom. The molecule has 0 amide bonds. The molecule has 0 saturated heterocycles. The summed E-state index contributed by atoms with van der Waals surface area (Å²) in [7, 11) is 1.85. The van der Waals surface area contributed by atoms with Gasteiger partial charge in [-0.1, -0.05) is 54.6 Å². The number of hydrogen-bond donors (Lipinski definition) is 1. The summed E-state index contributed by atoms with van der Waals surface area (Å²) < 4.78 is 0. The molecule has 2 aromatic rings. The van der Waals surface area contributed by atoms with Crippen molar-refractivity contribution in [1.82, 2.24) is 5.32 Å². The van der Waals surface area contributed by atoms with E-state index < -0.39 is 0 Å². The van der Waals surface area contributed by atoms with E-state index in [2.05, 4.69) is 36.5 Å². The molecule has 0 saturated carbocycles. The Morgan fingerprint density at radius 2 is 1.60 bits per heavy atom. The van der Waals surface area contributed by atoms with Crippen molar-refractivity contribution in [3.8, 4) is 0 Å². The minimum atomic E-state index is -0.210. The van der Waals surface area contributed by atoms with Crippen molar-refractivity contribution in [2.45, 2.75) is 25.8 Å². The summed E-state index contributed by atoms with van der Waals surface area (Å²) in [6.07, 6.45) is 0. The summed E-state index contributed by atoms with van der Waals surface area (Å²) in [5.41, 5.74) is 3.58. The molecule has 0 spiro atoms. The van der Waals surface area contributed by atoms with Gasteiger partial charge in [0.15, 0.2) is 0 Å². The molecule has 0 aliphatic rings. The number of ketones is 1. The maximum atomic E-state index is 12.0. The van der Waals surface area contributed by atoms with Crippen molar-refractivity contribution >= 4 is 5.78 Å². The van der Waals surface area contributed by atoms with Gasteiger partial charge < -0.3 is 5.32 Å². The zero-order valence-electron chi connectivity index (χ0n) is 12.3. The van der Waals surface area contributed by atoms with Crippen molar-refractivity contribution < 1.29 is 4.79 Å². The van der Waals surface area contributed by atoms with Gasteiger partial charge in [-0.3, -0.25) is 4.79 Å². The molecule has 2 atom stereocenters. The number of hydrogen-bond acceptors (Lipinski definition) is 2. The van der Waals surface area contributed by atoms with Crippen LogP contribution in [-0.2, 0) is 4.79 Å². The van der Waals surface area contributed by atoms with Crippen LogP contribution in [0.25, 0.3) is 0 Å². The van der Waals surface area contributed by atoms with Crippen LogP contribution in [0, 0.1) is 6.92 Å². The van der Waals surface area contributed by atoms with Crippen molar-refractivity contribution in [2.75, 3.05) is 7.05 Å². The lowest BCUT2D eigenvalue weighted by Crippen LogP contribution is -2.39. The fourth-order valence-electron chi connectivity index (χ4n) is 2.75. The number of carbonyl (C=O) groups is 1. The summed E-state index contributed by atoms with van der Waals surface area (Å²) in [5, 5.41) is 3.18. The average molecular weight is 267 g/mol. The van der Waals surface area contributed by atoms with Crippen LogP contribution in [-0.4, -0.2) is 18.9 Å². The number of carbonyl (C=O) groups excluding carboxylic acids is 1. The molecule has 2 nitrogen and oxygen atoms in total. The second-order valence-corrected chi connectivity index (χ2v) is 5.12. The lowest BCUT2D eigenvalue weighted by molar-refractivity contribution is -0.119. The highest BCUT2D eigenvalue weighted by atomic mass is 16.1. The minimum absolute atomic E-state index is 0.0416. The highest BCUT2D eigenvalue weighted by molar-refractivity contribution is 5.83. The lowest BCUT2D eigenvalue weighted by Gasteiger charge is -2.27. The Balaban J connectivity index is 2.55. The van der Waals surface area contributed by atoms with Crippen LogP contribution in [0.15, 0.2) is 54.6 Å². The van der Waals surface area contributed by atoms with Gasteiger partial charge in [0, 0.05) is 5.92 Å². The largest absolute Gasteiger partial charge is 0.310 e.